The Morgan fingerprint density at radius 2 is 2.11 bits per heavy atom. The second-order valence-corrected chi connectivity index (χ2v) is 1.51. The fourth-order valence-electron chi connectivity index (χ4n) is 0.485. The minimum absolute atomic E-state index is 0.597. The molecule has 0 amide bonds. The van der Waals surface area contributed by atoms with E-state index in [1.165, 1.54) is 0 Å². The van der Waals surface area contributed by atoms with Gasteiger partial charge in [0.25, 0.3) is 0 Å². The zero-order chi connectivity index (χ0) is 6.69. The van der Waals surface area contributed by atoms with Crippen LogP contribution in [0.15, 0.2) is 0 Å². The lowest BCUT2D eigenvalue weighted by Crippen LogP contribution is -1.91. The zero-order valence-corrected chi connectivity index (χ0v) is 5.39. The Hall–Kier alpha value is -1.26. The van der Waals surface area contributed by atoms with Gasteiger partial charge in [-0.05, 0) is 0 Å². The van der Waals surface area contributed by atoms with Crippen LogP contribution in [0.25, 0.3) is 0 Å². The van der Waals surface area contributed by atoms with Crippen LogP contribution in [0.1, 0.15) is 0 Å². The normalized spacial score (nSPS) is 9.11. The third-order valence-electron chi connectivity index (χ3n) is 0.946. The first-order valence-electron chi connectivity index (χ1n) is 2.64. The molecule has 3 N–H and O–H groups in total. The molecular weight excluding hydrogens is 118 g/mol. The highest BCUT2D eigenvalue weighted by Gasteiger charge is 1.94. The van der Waals surface area contributed by atoms with Gasteiger partial charge in [-0.3, -0.25) is 0 Å². The van der Waals surface area contributed by atoms with Gasteiger partial charge in [0, 0.05) is 14.1 Å². The van der Waals surface area contributed by atoms with Crippen molar-refractivity contribution in [3.8, 4) is 0 Å². The summed E-state index contributed by atoms with van der Waals surface area (Å²) in [6, 6.07) is 0. The Kier molecular flexibility index (Phi) is 1.53. The van der Waals surface area contributed by atoms with E-state index in [9.17, 15) is 0 Å². The molecule has 0 radical (unpaired) electrons. The Bertz CT molecular complexity index is 162. The van der Waals surface area contributed by atoms with Crippen molar-refractivity contribution < 1.29 is 0 Å². The third-order valence-corrected chi connectivity index (χ3v) is 0.946. The maximum atomic E-state index is 3.96. The smallest absolute Gasteiger partial charge is 0.243 e. The van der Waals surface area contributed by atoms with Gasteiger partial charge < -0.3 is 10.6 Å². The van der Waals surface area contributed by atoms with Crippen LogP contribution >= 0.6 is 0 Å². The first-order valence-corrected chi connectivity index (χ1v) is 2.64. The van der Waals surface area contributed by atoms with Crippen molar-refractivity contribution in [3.63, 3.8) is 0 Å². The molecule has 0 saturated heterocycles. The fraction of sp³-hybridized carbons (Fsp3) is 0.500. The van der Waals surface area contributed by atoms with Gasteiger partial charge in [-0.25, -0.2) is 5.10 Å². The summed E-state index contributed by atoms with van der Waals surface area (Å²) in [7, 11) is 3.54. The summed E-state index contributed by atoms with van der Waals surface area (Å²) in [5.74, 6) is 1.26. The van der Waals surface area contributed by atoms with Crippen LogP contribution in [-0.2, 0) is 0 Å². The van der Waals surface area contributed by atoms with E-state index < -0.39 is 0 Å². The van der Waals surface area contributed by atoms with Crippen molar-refractivity contribution in [2.75, 3.05) is 24.7 Å². The Morgan fingerprint density at radius 1 is 1.33 bits per heavy atom. The molecule has 0 atom stereocenters. The van der Waals surface area contributed by atoms with E-state index >= 15 is 0 Å². The van der Waals surface area contributed by atoms with Crippen molar-refractivity contribution in [1.82, 2.24) is 15.2 Å². The molecule has 0 aliphatic heterocycles. The maximum Gasteiger partial charge on any atom is 0.243 e. The Morgan fingerprint density at radius 3 is 2.44 bits per heavy atom. The molecule has 0 aliphatic rings. The highest BCUT2D eigenvalue weighted by atomic mass is 15.3. The highest BCUT2D eigenvalue weighted by molar-refractivity contribution is 5.31. The molecule has 0 aromatic carbocycles. The van der Waals surface area contributed by atoms with E-state index in [1.54, 1.807) is 14.1 Å². The molecule has 1 aromatic rings. The largest absolute Gasteiger partial charge is 0.358 e. The predicted molar refractivity (Wildman–Crippen MR) is 35.5 cm³/mol. The van der Waals surface area contributed by atoms with Gasteiger partial charge in [0.2, 0.25) is 11.9 Å². The molecule has 0 saturated carbocycles. The summed E-state index contributed by atoms with van der Waals surface area (Å²) in [6.07, 6.45) is 0. The van der Waals surface area contributed by atoms with E-state index in [0.717, 1.165) is 0 Å². The predicted octanol–water partition coefficient (Wildman–Crippen LogP) is -0.112. The zero-order valence-electron chi connectivity index (χ0n) is 5.39. The second kappa shape index (κ2) is 2.34. The molecule has 5 heteroatoms. The summed E-state index contributed by atoms with van der Waals surface area (Å²) in [6.45, 7) is 0. The summed E-state index contributed by atoms with van der Waals surface area (Å²) < 4.78 is 0. The van der Waals surface area contributed by atoms with Gasteiger partial charge in [-0.15, -0.1) is 5.10 Å². The highest BCUT2D eigenvalue weighted by Crippen LogP contribution is 1.98. The van der Waals surface area contributed by atoms with Crippen LogP contribution in [0.5, 0.6) is 0 Å². The molecule has 9 heavy (non-hydrogen) atoms. The topological polar surface area (TPSA) is 65.6 Å². The monoisotopic (exact) mass is 127 g/mol. The summed E-state index contributed by atoms with van der Waals surface area (Å²) >= 11 is 0. The molecule has 0 unspecified atom stereocenters. The minimum Gasteiger partial charge on any atom is -0.358 e. The molecular formula is C4H9N5. The molecule has 50 valence electrons. The van der Waals surface area contributed by atoms with Gasteiger partial charge in [0.15, 0.2) is 0 Å². The van der Waals surface area contributed by atoms with E-state index in [0.29, 0.717) is 11.9 Å². The van der Waals surface area contributed by atoms with Gasteiger partial charge in [0.1, 0.15) is 0 Å². The lowest BCUT2D eigenvalue weighted by atomic mass is 10.9. The van der Waals surface area contributed by atoms with E-state index in [4.69, 9.17) is 0 Å². The number of anilines is 2. The lowest BCUT2D eigenvalue weighted by Gasteiger charge is -1.86. The SMILES string of the molecule is CNc1n[nH]c(NC)n1. The summed E-state index contributed by atoms with van der Waals surface area (Å²) in [5, 5.41) is 12.1. The van der Waals surface area contributed by atoms with E-state index in [2.05, 4.69) is 25.8 Å². The summed E-state index contributed by atoms with van der Waals surface area (Å²) in [5.41, 5.74) is 0. The molecule has 1 rings (SSSR count). The van der Waals surface area contributed by atoms with Crippen LogP contribution in [0.4, 0.5) is 11.9 Å². The standard InChI is InChI=1S/C4H9N5/c1-5-3-7-4(6-2)9-8-3/h1-2H3,(H3,5,6,7,8,9). The first-order chi connectivity index (χ1) is 4.36. The molecule has 1 aromatic heterocycles. The number of hydrogen-bond donors (Lipinski definition) is 3. The van der Waals surface area contributed by atoms with E-state index in [1.807, 2.05) is 0 Å². The molecule has 0 spiro atoms. The molecule has 0 aliphatic carbocycles. The van der Waals surface area contributed by atoms with Crippen molar-refractivity contribution in [3.05, 3.63) is 0 Å². The van der Waals surface area contributed by atoms with E-state index in [-0.39, 0.29) is 0 Å². The van der Waals surface area contributed by atoms with Crippen molar-refractivity contribution in [1.29, 1.82) is 0 Å². The average Bonchev–Trinajstić information content (AvgIpc) is 2.34. The number of rotatable bonds is 2. The summed E-state index contributed by atoms with van der Waals surface area (Å²) in [4.78, 5) is 3.96. The van der Waals surface area contributed by atoms with Crippen molar-refractivity contribution in [2.45, 2.75) is 0 Å². The van der Waals surface area contributed by atoms with Gasteiger partial charge in [0.05, 0.1) is 0 Å². The van der Waals surface area contributed by atoms with Gasteiger partial charge in [-0.2, -0.15) is 4.98 Å². The first kappa shape index (κ1) is 5.87. The lowest BCUT2D eigenvalue weighted by molar-refractivity contribution is 1.09. The third kappa shape index (κ3) is 1.10. The number of nitrogens with one attached hydrogen (secondary N) is 3. The quantitative estimate of drug-likeness (QED) is 0.518. The minimum atomic E-state index is 0.597. The van der Waals surface area contributed by atoms with Crippen LogP contribution in [0, 0.1) is 0 Å². The Balaban J connectivity index is 2.74. The maximum absolute atomic E-state index is 3.96. The van der Waals surface area contributed by atoms with Crippen molar-refractivity contribution >= 4 is 11.9 Å². The van der Waals surface area contributed by atoms with Gasteiger partial charge >= 0.3 is 0 Å². The number of aromatic nitrogens is 3. The number of nitrogens with zero attached hydrogens (tertiary/aromatic N) is 2. The molecule has 5 nitrogen and oxygen atoms in total. The average molecular weight is 127 g/mol. The van der Waals surface area contributed by atoms with Crippen molar-refractivity contribution in [2.24, 2.45) is 0 Å². The number of H-pyrrole nitrogens is 1. The molecule has 0 fully saturated rings. The number of aromatic amines is 1. The van der Waals surface area contributed by atoms with Crippen LogP contribution in [-0.4, -0.2) is 29.3 Å². The molecule has 0 bridgehead atoms. The van der Waals surface area contributed by atoms with Crippen LogP contribution in [0.2, 0.25) is 0 Å². The fourth-order valence-corrected chi connectivity index (χ4v) is 0.485. The number of hydrogen-bond acceptors (Lipinski definition) is 4. The van der Waals surface area contributed by atoms with Crippen LogP contribution < -0.4 is 10.6 Å². The van der Waals surface area contributed by atoms with Crippen LogP contribution in [0.3, 0.4) is 0 Å². The molecule has 1 heterocycles. The Labute approximate surface area is 52.9 Å². The second-order valence-electron chi connectivity index (χ2n) is 1.51. The van der Waals surface area contributed by atoms with Gasteiger partial charge in [-0.1, -0.05) is 0 Å².